The summed E-state index contributed by atoms with van der Waals surface area (Å²) in [5.74, 6) is 0.747. The van der Waals surface area contributed by atoms with Crippen molar-refractivity contribution in [2.75, 3.05) is 26.8 Å². The van der Waals surface area contributed by atoms with E-state index >= 15 is 0 Å². The highest BCUT2D eigenvalue weighted by Gasteiger charge is 2.27. The zero-order valence-corrected chi connectivity index (χ0v) is 12.9. The van der Waals surface area contributed by atoms with E-state index in [9.17, 15) is 4.79 Å². The molecule has 1 fully saturated rings. The van der Waals surface area contributed by atoms with Gasteiger partial charge in [-0.25, -0.2) is 0 Å². The molecule has 4 nitrogen and oxygen atoms in total. The van der Waals surface area contributed by atoms with Crippen LogP contribution in [0.4, 0.5) is 0 Å². The van der Waals surface area contributed by atoms with Crippen LogP contribution in [0.15, 0.2) is 0 Å². The zero-order valence-electron chi connectivity index (χ0n) is 12.9. The van der Waals surface area contributed by atoms with Gasteiger partial charge in [-0.3, -0.25) is 4.79 Å². The maximum atomic E-state index is 12.2. The summed E-state index contributed by atoms with van der Waals surface area (Å²) in [6.07, 6.45) is 3.51. The van der Waals surface area contributed by atoms with Crippen LogP contribution in [0.5, 0.6) is 0 Å². The summed E-state index contributed by atoms with van der Waals surface area (Å²) in [7, 11) is 1.90. The predicted molar refractivity (Wildman–Crippen MR) is 77.8 cm³/mol. The molecule has 0 radical (unpaired) electrons. The molecule has 0 spiro atoms. The first-order chi connectivity index (χ1) is 8.86. The monoisotopic (exact) mass is 270 g/mol. The SMILES string of the molecule is CN(C(=O)CCC(CCN)C(C)(C)C)C1CCOC1. The quantitative estimate of drug-likeness (QED) is 0.803. The molecular weight excluding hydrogens is 240 g/mol. The minimum absolute atomic E-state index is 0.217. The Kier molecular flexibility index (Phi) is 6.27. The minimum Gasteiger partial charge on any atom is -0.379 e. The summed E-state index contributed by atoms with van der Waals surface area (Å²) in [4.78, 5) is 14.1. The van der Waals surface area contributed by atoms with Crippen LogP contribution in [-0.2, 0) is 9.53 Å². The molecule has 1 amide bonds. The van der Waals surface area contributed by atoms with Gasteiger partial charge in [-0.2, -0.15) is 0 Å². The van der Waals surface area contributed by atoms with Gasteiger partial charge in [-0.15, -0.1) is 0 Å². The summed E-state index contributed by atoms with van der Waals surface area (Å²) in [5, 5.41) is 0. The molecule has 0 saturated carbocycles. The van der Waals surface area contributed by atoms with Crippen LogP contribution in [0.3, 0.4) is 0 Å². The average molecular weight is 270 g/mol. The second-order valence-corrected chi connectivity index (χ2v) is 6.70. The molecule has 0 aromatic carbocycles. The Labute approximate surface area is 117 Å². The Morgan fingerprint density at radius 2 is 2.11 bits per heavy atom. The first-order valence-electron chi connectivity index (χ1n) is 7.39. The van der Waals surface area contributed by atoms with Crippen molar-refractivity contribution in [3.05, 3.63) is 0 Å². The number of carbonyl (C=O) groups excluding carboxylic acids is 1. The first kappa shape index (κ1) is 16.4. The fourth-order valence-electron chi connectivity index (χ4n) is 2.72. The minimum atomic E-state index is 0.217. The van der Waals surface area contributed by atoms with E-state index in [4.69, 9.17) is 10.5 Å². The Bertz CT molecular complexity index is 280. The molecule has 1 saturated heterocycles. The number of nitrogens with zero attached hydrogens (tertiary/aromatic N) is 1. The molecule has 1 aliphatic heterocycles. The van der Waals surface area contributed by atoms with Gasteiger partial charge in [0.05, 0.1) is 12.6 Å². The Hall–Kier alpha value is -0.610. The van der Waals surface area contributed by atoms with Crippen molar-refractivity contribution in [2.45, 2.75) is 52.5 Å². The number of likely N-dealkylation sites (N-methyl/N-ethyl adjacent to an activating group) is 1. The highest BCUT2D eigenvalue weighted by atomic mass is 16.5. The Morgan fingerprint density at radius 1 is 1.42 bits per heavy atom. The third-order valence-corrected chi connectivity index (χ3v) is 4.29. The van der Waals surface area contributed by atoms with Crippen LogP contribution in [-0.4, -0.2) is 43.7 Å². The zero-order chi connectivity index (χ0) is 14.5. The first-order valence-corrected chi connectivity index (χ1v) is 7.39. The molecule has 0 aromatic rings. The van der Waals surface area contributed by atoms with Crippen molar-refractivity contribution in [2.24, 2.45) is 17.1 Å². The lowest BCUT2D eigenvalue weighted by Crippen LogP contribution is -2.37. The summed E-state index contributed by atoms with van der Waals surface area (Å²) < 4.78 is 5.34. The lowest BCUT2D eigenvalue weighted by Gasteiger charge is -2.31. The van der Waals surface area contributed by atoms with Gasteiger partial charge in [0.2, 0.25) is 5.91 Å². The maximum Gasteiger partial charge on any atom is 0.222 e. The fourth-order valence-corrected chi connectivity index (χ4v) is 2.72. The van der Waals surface area contributed by atoms with Gasteiger partial charge in [0, 0.05) is 20.1 Å². The molecule has 0 bridgehead atoms. The molecule has 19 heavy (non-hydrogen) atoms. The van der Waals surface area contributed by atoms with E-state index in [0.717, 1.165) is 25.9 Å². The van der Waals surface area contributed by atoms with Crippen molar-refractivity contribution >= 4 is 5.91 Å². The highest BCUT2D eigenvalue weighted by Crippen LogP contribution is 2.32. The van der Waals surface area contributed by atoms with Gasteiger partial charge in [0.15, 0.2) is 0 Å². The Balaban J connectivity index is 2.42. The Morgan fingerprint density at radius 3 is 2.58 bits per heavy atom. The lowest BCUT2D eigenvalue weighted by molar-refractivity contribution is -0.132. The second-order valence-electron chi connectivity index (χ2n) is 6.70. The number of ether oxygens (including phenoxy) is 1. The molecule has 1 rings (SSSR count). The van der Waals surface area contributed by atoms with E-state index in [0.29, 0.717) is 25.5 Å². The van der Waals surface area contributed by atoms with E-state index < -0.39 is 0 Å². The van der Waals surface area contributed by atoms with Gasteiger partial charge in [0.1, 0.15) is 0 Å². The van der Waals surface area contributed by atoms with Gasteiger partial charge < -0.3 is 15.4 Å². The van der Waals surface area contributed by atoms with Crippen LogP contribution in [0.2, 0.25) is 0 Å². The molecule has 0 aliphatic carbocycles. The molecule has 1 heterocycles. The number of nitrogens with two attached hydrogens (primary N) is 1. The molecule has 2 atom stereocenters. The predicted octanol–water partition coefficient (Wildman–Crippen LogP) is 2.02. The van der Waals surface area contributed by atoms with Crippen LogP contribution >= 0.6 is 0 Å². The standard InChI is InChI=1S/C15H30N2O2/c1-15(2,3)12(7-9-16)5-6-14(18)17(4)13-8-10-19-11-13/h12-13H,5-11,16H2,1-4H3. The van der Waals surface area contributed by atoms with Gasteiger partial charge in [-0.1, -0.05) is 20.8 Å². The van der Waals surface area contributed by atoms with Crippen LogP contribution in [0.1, 0.15) is 46.5 Å². The third kappa shape index (κ3) is 5.11. The number of carbonyl (C=O) groups is 1. The second kappa shape index (κ2) is 7.25. The third-order valence-electron chi connectivity index (χ3n) is 4.29. The van der Waals surface area contributed by atoms with E-state index in [-0.39, 0.29) is 17.4 Å². The lowest BCUT2D eigenvalue weighted by atomic mass is 9.76. The summed E-state index contributed by atoms with van der Waals surface area (Å²) in [6.45, 7) is 8.85. The van der Waals surface area contributed by atoms with Gasteiger partial charge in [0.25, 0.3) is 0 Å². The van der Waals surface area contributed by atoms with Gasteiger partial charge in [-0.05, 0) is 37.1 Å². The fraction of sp³-hybridized carbons (Fsp3) is 0.933. The summed E-state index contributed by atoms with van der Waals surface area (Å²) in [5.41, 5.74) is 5.90. The number of hydrogen-bond acceptors (Lipinski definition) is 3. The van der Waals surface area contributed by atoms with Crippen molar-refractivity contribution in [1.82, 2.24) is 4.90 Å². The topological polar surface area (TPSA) is 55.6 Å². The number of rotatable bonds is 6. The number of hydrogen-bond donors (Lipinski definition) is 1. The summed E-state index contributed by atoms with van der Waals surface area (Å²) in [6, 6.07) is 0.273. The van der Waals surface area contributed by atoms with Crippen molar-refractivity contribution < 1.29 is 9.53 Å². The maximum absolute atomic E-state index is 12.2. The molecule has 2 unspecified atom stereocenters. The average Bonchev–Trinajstić information content (AvgIpc) is 2.85. The molecule has 4 heteroatoms. The van der Waals surface area contributed by atoms with Crippen LogP contribution < -0.4 is 5.73 Å². The molecule has 112 valence electrons. The smallest absolute Gasteiger partial charge is 0.222 e. The van der Waals surface area contributed by atoms with E-state index in [2.05, 4.69) is 20.8 Å². The van der Waals surface area contributed by atoms with Crippen molar-refractivity contribution in [3.8, 4) is 0 Å². The summed E-state index contributed by atoms with van der Waals surface area (Å²) >= 11 is 0. The van der Waals surface area contributed by atoms with E-state index in [1.54, 1.807) is 0 Å². The molecule has 2 N–H and O–H groups in total. The van der Waals surface area contributed by atoms with Gasteiger partial charge >= 0.3 is 0 Å². The molecule has 0 aromatic heterocycles. The number of amides is 1. The van der Waals surface area contributed by atoms with E-state index in [1.165, 1.54) is 0 Å². The van der Waals surface area contributed by atoms with Crippen molar-refractivity contribution in [1.29, 1.82) is 0 Å². The molecule has 1 aliphatic rings. The largest absolute Gasteiger partial charge is 0.379 e. The van der Waals surface area contributed by atoms with Crippen LogP contribution in [0.25, 0.3) is 0 Å². The normalized spacial score (nSPS) is 21.4. The highest BCUT2D eigenvalue weighted by molar-refractivity contribution is 5.76. The van der Waals surface area contributed by atoms with Crippen LogP contribution in [0, 0.1) is 11.3 Å². The van der Waals surface area contributed by atoms with E-state index in [1.807, 2.05) is 11.9 Å². The molecular formula is C15H30N2O2. The van der Waals surface area contributed by atoms with Crippen molar-refractivity contribution in [3.63, 3.8) is 0 Å².